The molecular weight excluding hydrogens is 270 g/mol. The van der Waals surface area contributed by atoms with Gasteiger partial charge in [-0.3, -0.25) is 4.79 Å². The Morgan fingerprint density at radius 2 is 2.00 bits per heavy atom. The number of carbonyl (C=O) groups excluding carboxylic acids is 1. The summed E-state index contributed by atoms with van der Waals surface area (Å²) in [5.41, 5.74) is 1.58. The molecule has 20 heavy (non-hydrogen) atoms. The Balaban J connectivity index is 1.83. The minimum atomic E-state index is 0.133. The largest absolute Gasteiger partial charge is 0.358 e. The summed E-state index contributed by atoms with van der Waals surface area (Å²) in [5, 5.41) is 0. The molecule has 3 aliphatic heterocycles. The average Bonchev–Trinajstić information content (AvgIpc) is 3.14. The second kappa shape index (κ2) is 4.81. The Bertz CT molecular complexity index is 580. The van der Waals surface area contributed by atoms with Crippen molar-refractivity contribution < 1.29 is 4.79 Å². The molecular formula is C15H17N3OS. The van der Waals surface area contributed by atoms with E-state index in [4.69, 9.17) is 4.99 Å². The number of amidine groups is 1. The fraction of sp³-hybridized carbons (Fsp3) is 0.467. The van der Waals surface area contributed by atoms with Crippen LogP contribution in [0.25, 0.3) is 0 Å². The predicted molar refractivity (Wildman–Crippen MR) is 81.6 cm³/mol. The minimum Gasteiger partial charge on any atom is -0.358 e. The summed E-state index contributed by atoms with van der Waals surface area (Å²) in [7, 11) is 0. The van der Waals surface area contributed by atoms with Gasteiger partial charge in [0.25, 0.3) is 5.91 Å². The van der Waals surface area contributed by atoms with Gasteiger partial charge in [0.15, 0.2) is 0 Å². The van der Waals surface area contributed by atoms with E-state index in [0.717, 1.165) is 41.8 Å². The molecule has 0 aliphatic carbocycles. The molecule has 2 fully saturated rings. The molecule has 104 valence electrons. The molecule has 1 aromatic rings. The van der Waals surface area contributed by atoms with Crippen molar-refractivity contribution in [3.8, 4) is 0 Å². The van der Waals surface area contributed by atoms with Crippen LogP contribution in [0.4, 0.5) is 5.69 Å². The lowest BCUT2D eigenvalue weighted by Crippen LogP contribution is -2.47. The molecule has 2 saturated heterocycles. The molecule has 1 atom stereocenters. The first-order valence-corrected chi connectivity index (χ1v) is 8.31. The number of para-hydroxylation sites is 1. The Labute approximate surface area is 122 Å². The van der Waals surface area contributed by atoms with Gasteiger partial charge in [-0.25, -0.2) is 4.99 Å². The van der Waals surface area contributed by atoms with Gasteiger partial charge < -0.3 is 9.80 Å². The molecule has 1 unspecified atom stereocenters. The molecule has 1 amide bonds. The highest BCUT2D eigenvalue weighted by molar-refractivity contribution is 7.99. The number of likely N-dealkylation sites (tertiary alicyclic amines) is 1. The fourth-order valence-corrected chi connectivity index (χ4v) is 4.34. The molecule has 0 aromatic heterocycles. The van der Waals surface area contributed by atoms with E-state index in [1.54, 1.807) is 0 Å². The molecule has 0 N–H and O–H groups in total. The van der Waals surface area contributed by atoms with Gasteiger partial charge in [-0.05, 0) is 25.0 Å². The van der Waals surface area contributed by atoms with Gasteiger partial charge in [-0.15, -0.1) is 11.8 Å². The maximum absolute atomic E-state index is 12.7. The number of hydrogen-bond acceptors (Lipinski definition) is 4. The number of amides is 1. The molecule has 0 spiro atoms. The van der Waals surface area contributed by atoms with Crippen LogP contribution >= 0.6 is 11.8 Å². The van der Waals surface area contributed by atoms with Crippen molar-refractivity contribution in [2.24, 2.45) is 4.99 Å². The molecule has 3 aliphatic rings. The van der Waals surface area contributed by atoms with E-state index >= 15 is 0 Å². The highest BCUT2D eigenvalue weighted by atomic mass is 32.2. The summed E-state index contributed by atoms with van der Waals surface area (Å²) in [5.74, 6) is 2.99. The van der Waals surface area contributed by atoms with Crippen molar-refractivity contribution in [3.05, 3.63) is 29.8 Å². The SMILES string of the molecule is O=C1c2ccccc2N=C(N2CCCC2)C2CSCN12. The lowest BCUT2D eigenvalue weighted by atomic mass is 10.1. The molecule has 5 heteroatoms. The monoisotopic (exact) mass is 287 g/mol. The molecule has 0 bridgehead atoms. The van der Waals surface area contributed by atoms with Crippen LogP contribution in [0.2, 0.25) is 0 Å². The number of rotatable bonds is 0. The number of hydrogen-bond donors (Lipinski definition) is 0. The Morgan fingerprint density at radius 1 is 1.20 bits per heavy atom. The third kappa shape index (κ3) is 1.84. The van der Waals surface area contributed by atoms with Crippen LogP contribution in [0.15, 0.2) is 29.3 Å². The maximum Gasteiger partial charge on any atom is 0.257 e. The van der Waals surface area contributed by atoms with Gasteiger partial charge in [0.2, 0.25) is 0 Å². The number of thioether (sulfide) groups is 1. The topological polar surface area (TPSA) is 35.9 Å². The first-order valence-electron chi connectivity index (χ1n) is 7.16. The summed E-state index contributed by atoms with van der Waals surface area (Å²) in [6, 6.07) is 7.89. The zero-order valence-electron chi connectivity index (χ0n) is 11.3. The average molecular weight is 287 g/mol. The first-order chi connectivity index (χ1) is 9.84. The van der Waals surface area contributed by atoms with Gasteiger partial charge in [-0.2, -0.15) is 0 Å². The van der Waals surface area contributed by atoms with E-state index in [0.29, 0.717) is 0 Å². The number of carbonyl (C=O) groups is 1. The maximum atomic E-state index is 12.7. The van der Waals surface area contributed by atoms with Crippen LogP contribution in [0.1, 0.15) is 23.2 Å². The Hall–Kier alpha value is -1.49. The lowest BCUT2D eigenvalue weighted by Gasteiger charge is -2.28. The second-order valence-corrected chi connectivity index (χ2v) is 6.47. The van der Waals surface area contributed by atoms with Crippen LogP contribution in [0, 0.1) is 0 Å². The highest BCUT2D eigenvalue weighted by Gasteiger charge is 2.39. The van der Waals surface area contributed by atoms with E-state index in [1.165, 1.54) is 12.8 Å². The first kappa shape index (κ1) is 12.3. The standard InChI is InChI=1S/C15H17N3OS/c19-15-11-5-1-2-6-12(11)16-14(17-7-3-4-8-17)13-9-20-10-18(13)15/h1-2,5-6,13H,3-4,7-10H2. The summed E-state index contributed by atoms with van der Waals surface area (Å²) >= 11 is 1.83. The van der Waals surface area contributed by atoms with Crippen LogP contribution in [-0.2, 0) is 0 Å². The molecule has 4 nitrogen and oxygen atoms in total. The zero-order valence-corrected chi connectivity index (χ0v) is 12.1. The molecule has 1 aromatic carbocycles. The number of nitrogens with zero attached hydrogens (tertiary/aromatic N) is 3. The summed E-state index contributed by atoms with van der Waals surface area (Å²) in [6.45, 7) is 2.15. The fourth-order valence-electron chi connectivity index (χ4n) is 3.19. The van der Waals surface area contributed by atoms with E-state index < -0.39 is 0 Å². The van der Waals surface area contributed by atoms with E-state index in [9.17, 15) is 4.79 Å². The minimum absolute atomic E-state index is 0.133. The highest BCUT2D eigenvalue weighted by Crippen LogP contribution is 2.33. The smallest absolute Gasteiger partial charge is 0.257 e. The van der Waals surface area contributed by atoms with Gasteiger partial charge in [0.1, 0.15) is 5.84 Å². The summed E-state index contributed by atoms with van der Waals surface area (Å²) in [6.07, 6.45) is 2.46. The van der Waals surface area contributed by atoms with Crippen LogP contribution in [0.3, 0.4) is 0 Å². The quantitative estimate of drug-likeness (QED) is 0.735. The predicted octanol–water partition coefficient (Wildman–Crippen LogP) is 2.34. The third-order valence-corrected chi connectivity index (χ3v) is 5.25. The van der Waals surface area contributed by atoms with Crippen molar-refractivity contribution in [1.29, 1.82) is 0 Å². The van der Waals surface area contributed by atoms with Crippen LogP contribution < -0.4 is 0 Å². The van der Waals surface area contributed by atoms with Crippen molar-refractivity contribution in [1.82, 2.24) is 9.80 Å². The van der Waals surface area contributed by atoms with E-state index in [-0.39, 0.29) is 11.9 Å². The van der Waals surface area contributed by atoms with Gasteiger partial charge in [0.05, 0.1) is 23.2 Å². The second-order valence-electron chi connectivity index (χ2n) is 5.47. The Kier molecular flexibility index (Phi) is 2.95. The van der Waals surface area contributed by atoms with Crippen LogP contribution in [-0.4, -0.2) is 52.3 Å². The van der Waals surface area contributed by atoms with E-state index in [1.807, 2.05) is 40.9 Å². The third-order valence-electron chi connectivity index (χ3n) is 4.24. The normalized spacial score (nSPS) is 25.3. The van der Waals surface area contributed by atoms with Gasteiger partial charge >= 0.3 is 0 Å². The van der Waals surface area contributed by atoms with Crippen molar-refractivity contribution in [2.75, 3.05) is 24.7 Å². The molecule has 0 radical (unpaired) electrons. The number of aliphatic imine (C=N–C) groups is 1. The lowest BCUT2D eigenvalue weighted by molar-refractivity contribution is 0.0778. The molecule has 3 heterocycles. The number of benzene rings is 1. The molecule has 0 saturated carbocycles. The van der Waals surface area contributed by atoms with Crippen molar-refractivity contribution >= 4 is 29.2 Å². The van der Waals surface area contributed by atoms with Gasteiger partial charge in [-0.1, -0.05) is 12.1 Å². The van der Waals surface area contributed by atoms with Crippen molar-refractivity contribution in [3.63, 3.8) is 0 Å². The van der Waals surface area contributed by atoms with Crippen molar-refractivity contribution in [2.45, 2.75) is 18.9 Å². The Morgan fingerprint density at radius 3 is 2.85 bits per heavy atom. The zero-order chi connectivity index (χ0) is 13.5. The summed E-state index contributed by atoms with van der Waals surface area (Å²) < 4.78 is 0. The number of fused-ring (bicyclic) bond motifs is 2. The van der Waals surface area contributed by atoms with Crippen LogP contribution in [0.5, 0.6) is 0 Å². The molecule has 4 rings (SSSR count). The van der Waals surface area contributed by atoms with Gasteiger partial charge in [0, 0.05) is 18.8 Å². The summed E-state index contributed by atoms with van der Waals surface area (Å²) in [4.78, 5) is 21.9. The van der Waals surface area contributed by atoms with E-state index in [2.05, 4.69) is 4.90 Å².